The van der Waals surface area contributed by atoms with Crippen molar-refractivity contribution in [3.8, 4) is 0 Å². The molecule has 0 saturated heterocycles. The summed E-state index contributed by atoms with van der Waals surface area (Å²) in [5.74, 6) is -0.446. The molecule has 0 fully saturated rings. The molecule has 2 aromatic carbocycles. The summed E-state index contributed by atoms with van der Waals surface area (Å²) in [4.78, 5) is 0.378. The molecule has 0 aliphatic rings. The molecule has 24 heavy (non-hydrogen) atoms. The summed E-state index contributed by atoms with van der Waals surface area (Å²) in [6.07, 6.45) is 0. The molecule has 2 N–H and O–H groups in total. The average molecular weight is 368 g/mol. The number of halogens is 1. The van der Waals surface area contributed by atoms with E-state index in [0.29, 0.717) is 10.6 Å². The van der Waals surface area contributed by atoms with Gasteiger partial charge in [-0.05, 0) is 55.8 Å². The molecule has 0 saturated carbocycles. The van der Waals surface area contributed by atoms with Crippen LogP contribution >= 0.6 is 12.2 Å². The van der Waals surface area contributed by atoms with E-state index in [4.69, 9.17) is 12.2 Å². The van der Waals surface area contributed by atoms with Gasteiger partial charge in [-0.2, -0.15) is 0 Å². The largest absolute Gasteiger partial charge is 0.287 e. The van der Waals surface area contributed by atoms with Crippen LogP contribution in [0.5, 0.6) is 0 Å². The van der Waals surface area contributed by atoms with E-state index in [-0.39, 0.29) is 10.6 Å². The highest BCUT2D eigenvalue weighted by Gasteiger charge is 2.17. The number of nitrogens with one attached hydrogen (secondary N) is 1. The summed E-state index contributed by atoms with van der Waals surface area (Å²) in [5, 5.41) is 10.8. The maximum Gasteiger partial charge on any atom is 0.261 e. The Morgan fingerprint density at radius 3 is 2.21 bits per heavy atom. The smallest absolute Gasteiger partial charge is 0.261 e. The Labute approximate surface area is 145 Å². The molecule has 0 amide bonds. The zero-order chi connectivity index (χ0) is 17.9. The summed E-state index contributed by atoms with van der Waals surface area (Å²) in [7, 11) is -3.78. The second-order valence-corrected chi connectivity index (χ2v) is 7.49. The highest BCUT2D eigenvalue weighted by Crippen LogP contribution is 2.22. The standard InChI is InChI=1S/C16H17FN2O3S2/c1-11(19(20)12(2)23)13-3-9-16(10-4-13)24(21,22)18-15-7-5-14(17)6-8-15/h3-11,18,20H,1-2H3. The number of thiocarbonyl (C=S) groups is 1. The van der Waals surface area contributed by atoms with Crippen LogP contribution < -0.4 is 4.72 Å². The maximum absolute atomic E-state index is 12.9. The molecule has 5 nitrogen and oxygen atoms in total. The van der Waals surface area contributed by atoms with Crippen LogP contribution in [0, 0.1) is 5.82 Å². The molecule has 1 atom stereocenters. The van der Waals surface area contributed by atoms with Crippen LogP contribution in [0.15, 0.2) is 53.4 Å². The number of nitrogens with zero attached hydrogens (tertiary/aromatic N) is 1. The number of hydroxylamine groups is 2. The first-order valence-electron chi connectivity index (χ1n) is 7.08. The first-order chi connectivity index (χ1) is 11.2. The third kappa shape index (κ3) is 4.28. The molecule has 8 heteroatoms. The van der Waals surface area contributed by atoms with Gasteiger partial charge >= 0.3 is 0 Å². The number of sulfonamides is 1. The Morgan fingerprint density at radius 1 is 1.17 bits per heavy atom. The van der Waals surface area contributed by atoms with Crippen LogP contribution in [0.1, 0.15) is 25.5 Å². The topological polar surface area (TPSA) is 69.6 Å². The zero-order valence-electron chi connectivity index (χ0n) is 13.1. The predicted molar refractivity (Wildman–Crippen MR) is 94.0 cm³/mol. The Bertz CT molecular complexity index is 821. The van der Waals surface area contributed by atoms with E-state index in [1.807, 2.05) is 0 Å². The molecule has 0 aliphatic heterocycles. The zero-order valence-corrected chi connectivity index (χ0v) is 14.7. The number of benzene rings is 2. The van der Waals surface area contributed by atoms with Crippen molar-refractivity contribution >= 4 is 32.9 Å². The summed E-state index contributed by atoms with van der Waals surface area (Å²) < 4.78 is 39.9. The Hall–Kier alpha value is -2.03. The van der Waals surface area contributed by atoms with Crippen molar-refractivity contribution in [2.75, 3.05) is 4.72 Å². The van der Waals surface area contributed by atoms with Gasteiger partial charge in [-0.25, -0.2) is 17.9 Å². The second-order valence-electron chi connectivity index (χ2n) is 5.22. The van der Waals surface area contributed by atoms with Gasteiger partial charge in [0.1, 0.15) is 10.8 Å². The minimum absolute atomic E-state index is 0.0614. The van der Waals surface area contributed by atoms with Gasteiger partial charge in [0, 0.05) is 5.69 Å². The van der Waals surface area contributed by atoms with Crippen LogP contribution in [0.25, 0.3) is 0 Å². The molecule has 0 spiro atoms. The number of hydrogen-bond donors (Lipinski definition) is 2. The van der Waals surface area contributed by atoms with Crippen molar-refractivity contribution in [2.45, 2.75) is 24.8 Å². The van der Waals surface area contributed by atoms with E-state index >= 15 is 0 Å². The molecule has 2 rings (SSSR count). The fourth-order valence-corrected chi connectivity index (χ4v) is 3.29. The fraction of sp³-hybridized carbons (Fsp3) is 0.188. The van der Waals surface area contributed by atoms with Gasteiger partial charge in [0.25, 0.3) is 10.0 Å². The first kappa shape index (κ1) is 18.3. The van der Waals surface area contributed by atoms with Gasteiger partial charge in [0.15, 0.2) is 0 Å². The number of hydrogen-bond acceptors (Lipinski definition) is 4. The van der Waals surface area contributed by atoms with Crippen LogP contribution in [-0.4, -0.2) is 23.7 Å². The van der Waals surface area contributed by atoms with E-state index < -0.39 is 21.9 Å². The molecule has 0 aromatic heterocycles. The predicted octanol–water partition coefficient (Wildman–Crippen LogP) is 3.73. The van der Waals surface area contributed by atoms with E-state index in [9.17, 15) is 18.0 Å². The van der Waals surface area contributed by atoms with Crippen LogP contribution in [0.4, 0.5) is 10.1 Å². The van der Waals surface area contributed by atoms with Crippen molar-refractivity contribution in [3.63, 3.8) is 0 Å². The molecule has 0 bridgehead atoms. The molecule has 1 unspecified atom stereocenters. The maximum atomic E-state index is 12.9. The summed E-state index contributed by atoms with van der Waals surface area (Å²) in [6, 6.07) is 10.7. The van der Waals surface area contributed by atoms with Gasteiger partial charge in [-0.15, -0.1) is 0 Å². The molecule has 2 aromatic rings. The average Bonchev–Trinajstić information content (AvgIpc) is 2.55. The Morgan fingerprint density at radius 2 is 1.71 bits per heavy atom. The lowest BCUT2D eigenvalue weighted by molar-refractivity contribution is -0.0469. The SMILES string of the molecule is CC(=S)N(O)C(C)c1ccc(S(=O)(=O)Nc2ccc(F)cc2)cc1. The summed E-state index contributed by atoms with van der Waals surface area (Å²) >= 11 is 4.90. The molecule has 128 valence electrons. The quantitative estimate of drug-likeness (QED) is 0.622. The van der Waals surface area contributed by atoms with Gasteiger partial charge in [-0.3, -0.25) is 9.93 Å². The lowest BCUT2D eigenvalue weighted by Gasteiger charge is -2.23. The molecule has 0 aliphatic carbocycles. The Kier molecular flexibility index (Phi) is 5.53. The van der Waals surface area contributed by atoms with Gasteiger partial charge in [0.05, 0.1) is 10.9 Å². The van der Waals surface area contributed by atoms with Crippen molar-refractivity contribution in [3.05, 3.63) is 59.9 Å². The molecule has 0 heterocycles. The lowest BCUT2D eigenvalue weighted by atomic mass is 10.1. The minimum Gasteiger partial charge on any atom is -0.287 e. The first-order valence-corrected chi connectivity index (χ1v) is 8.97. The number of rotatable bonds is 5. The van der Waals surface area contributed by atoms with Gasteiger partial charge in [0.2, 0.25) is 0 Å². The van der Waals surface area contributed by atoms with Crippen molar-refractivity contribution in [1.82, 2.24) is 5.06 Å². The minimum atomic E-state index is -3.78. The highest BCUT2D eigenvalue weighted by molar-refractivity contribution is 7.92. The third-order valence-electron chi connectivity index (χ3n) is 3.46. The van der Waals surface area contributed by atoms with Crippen LogP contribution in [0.2, 0.25) is 0 Å². The monoisotopic (exact) mass is 368 g/mol. The highest BCUT2D eigenvalue weighted by atomic mass is 32.2. The lowest BCUT2D eigenvalue weighted by Crippen LogP contribution is -2.26. The number of anilines is 1. The van der Waals surface area contributed by atoms with Crippen LogP contribution in [-0.2, 0) is 10.0 Å². The van der Waals surface area contributed by atoms with E-state index in [1.165, 1.54) is 36.4 Å². The van der Waals surface area contributed by atoms with E-state index in [2.05, 4.69) is 4.72 Å². The second kappa shape index (κ2) is 7.25. The Balaban J connectivity index is 2.19. The van der Waals surface area contributed by atoms with E-state index in [0.717, 1.165) is 5.06 Å². The molecular weight excluding hydrogens is 351 g/mol. The van der Waals surface area contributed by atoms with Crippen molar-refractivity contribution in [2.24, 2.45) is 0 Å². The van der Waals surface area contributed by atoms with Gasteiger partial charge < -0.3 is 0 Å². The fourth-order valence-electron chi connectivity index (χ4n) is 2.07. The van der Waals surface area contributed by atoms with Crippen molar-refractivity contribution < 1.29 is 18.0 Å². The third-order valence-corrected chi connectivity index (χ3v) is 5.04. The molecule has 0 radical (unpaired) electrons. The van der Waals surface area contributed by atoms with Crippen LogP contribution in [0.3, 0.4) is 0 Å². The molecular formula is C16H17FN2O3S2. The van der Waals surface area contributed by atoms with Crippen molar-refractivity contribution in [1.29, 1.82) is 0 Å². The van der Waals surface area contributed by atoms with E-state index in [1.54, 1.807) is 26.0 Å². The summed E-state index contributed by atoms with van der Waals surface area (Å²) in [5.41, 5.74) is 0.981. The summed E-state index contributed by atoms with van der Waals surface area (Å²) in [6.45, 7) is 3.34. The normalized spacial score (nSPS) is 12.5. The van der Waals surface area contributed by atoms with Gasteiger partial charge in [-0.1, -0.05) is 24.4 Å².